The molecular weight excluding hydrogens is 254 g/mol. The van der Waals surface area contributed by atoms with Gasteiger partial charge in [0.15, 0.2) is 0 Å². The molecule has 1 aliphatic heterocycles. The molecule has 1 N–H and O–H groups in total. The first-order valence-corrected chi connectivity index (χ1v) is 7.37. The number of rotatable bonds is 4. The number of hydrogen-bond acceptors (Lipinski definition) is 4. The summed E-state index contributed by atoms with van der Waals surface area (Å²) < 4.78 is 16.7. The summed E-state index contributed by atoms with van der Waals surface area (Å²) in [6.45, 7) is 0.851. The van der Waals surface area contributed by atoms with Gasteiger partial charge in [-0.1, -0.05) is 0 Å². The highest BCUT2D eigenvalue weighted by Crippen LogP contribution is 2.43. The van der Waals surface area contributed by atoms with Gasteiger partial charge in [0.25, 0.3) is 0 Å². The van der Waals surface area contributed by atoms with Crippen LogP contribution in [0.15, 0.2) is 18.2 Å². The van der Waals surface area contributed by atoms with Gasteiger partial charge in [0.05, 0.1) is 25.5 Å². The minimum absolute atomic E-state index is 0.155. The monoisotopic (exact) mass is 277 g/mol. The first-order chi connectivity index (χ1) is 9.74. The molecule has 1 aromatic rings. The first-order valence-electron chi connectivity index (χ1n) is 7.37. The van der Waals surface area contributed by atoms with Crippen molar-refractivity contribution in [3.05, 3.63) is 18.2 Å². The summed E-state index contributed by atoms with van der Waals surface area (Å²) in [4.78, 5) is 0. The molecule has 0 aromatic heterocycles. The smallest absolute Gasteiger partial charge is 0.142 e. The van der Waals surface area contributed by atoms with Crippen LogP contribution in [0.25, 0.3) is 0 Å². The van der Waals surface area contributed by atoms with Crippen LogP contribution in [0.4, 0.5) is 5.69 Å². The quantitative estimate of drug-likeness (QED) is 0.917. The van der Waals surface area contributed by atoms with E-state index >= 15 is 0 Å². The average molecular weight is 277 g/mol. The van der Waals surface area contributed by atoms with Gasteiger partial charge < -0.3 is 19.5 Å². The SMILES string of the molecule is COc1ccc(OC)c(NC2CCOC3(CCC3)C2)c1. The molecule has 1 heterocycles. The lowest BCUT2D eigenvalue weighted by Gasteiger charge is -2.47. The lowest BCUT2D eigenvalue weighted by Crippen LogP contribution is -2.49. The highest BCUT2D eigenvalue weighted by Gasteiger charge is 2.42. The third kappa shape index (κ3) is 2.57. The first kappa shape index (κ1) is 13.6. The van der Waals surface area contributed by atoms with E-state index in [-0.39, 0.29) is 5.60 Å². The summed E-state index contributed by atoms with van der Waals surface area (Å²) in [5, 5.41) is 3.61. The van der Waals surface area contributed by atoms with Crippen LogP contribution in [0.5, 0.6) is 11.5 Å². The van der Waals surface area contributed by atoms with E-state index in [2.05, 4.69) is 5.32 Å². The van der Waals surface area contributed by atoms with Crippen molar-refractivity contribution in [3.63, 3.8) is 0 Å². The zero-order chi connectivity index (χ0) is 14.0. The van der Waals surface area contributed by atoms with Crippen molar-refractivity contribution < 1.29 is 14.2 Å². The molecule has 1 spiro atoms. The molecule has 4 nitrogen and oxygen atoms in total. The molecule has 1 aromatic carbocycles. The molecule has 1 saturated heterocycles. The Kier molecular flexibility index (Phi) is 3.74. The Balaban J connectivity index is 1.73. The van der Waals surface area contributed by atoms with Gasteiger partial charge in [0.2, 0.25) is 0 Å². The van der Waals surface area contributed by atoms with E-state index < -0.39 is 0 Å². The van der Waals surface area contributed by atoms with Crippen LogP contribution < -0.4 is 14.8 Å². The molecule has 3 rings (SSSR count). The molecule has 1 saturated carbocycles. The lowest BCUT2D eigenvalue weighted by atomic mass is 9.74. The number of ether oxygens (including phenoxy) is 3. The number of benzene rings is 1. The fourth-order valence-electron chi connectivity index (χ4n) is 3.22. The number of methoxy groups -OCH3 is 2. The summed E-state index contributed by atoms with van der Waals surface area (Å²) in [6, 6.07) is 6.31. The van der Waals surface area contributed by atoms with Gasteiger partial charge in [-0.3, -0.25) is 0 Å². The van der Waals surface area contributed by atoms with E-state index in [1.54, 1.807) is 14.2 Å². The Morgan fingerprint density at radius 3 is 2.75 bits per heavy atom. The van der Waals surface area contributed by atoms with Gasteiger partial charge in [-0.25, -0.2) is 0 Å². The van der Waals surface area contributed by atoms with Gasteiger partial charge in [-0.05, 0) is 44.2 Å². The summed E-state index contributed by atoms with van der Waals surface area (Å²) in [5.74, 6) is 1.71. The lowest BCUT2D eigenvalue weighted by molar-refractivity contribution is -0.130. The molecule has 0 amide bonds. The Hall–Kier alpha value is -1.42. The minimum atomic E-state index is 0.155. The largest absolute Gasteiger partial charge is 0.497 e. The van der Waals surface area contributed by atoms with Gasteiger partial charge >= 0.3 is 0 Å². The molecule has 0 radical (unpaired) electrons. The van der Waals surface area contributed by atoms with E-state index in [4.69, 9.17) is 14.2 Å². The predicted molar refractivity (Wildman–Crippen MR) is 78.7 cm³/mol. The Morgan fingerprint density at radius 2 is 2.10 bits per heavy atom. The molecule has 1 aliphatic carbocycles. The Morgan fingerprint density at radius 1 is 1.25 bits per heavy atom. The van der Waals surface area contributed by atoms with Crippen LogP contribution in [0.1, 0.15) is 32.1 Å². The minimum Gasteiger partial charge on any atom is -0.497 e. The maximum absolute atomic E-state index is 5.97. The molecule has 2 aliphatic rings. The van der Waals surface area contributed by atoms with Crippen molar-refractivity contribution >= 4 is 5.69 Å². The van der Waals surface area contributed by atoms with Crippen molar-refractivity contribution in [3.8, 4) is 11.5 Å². The molecule has 1 atom stereocenters. The molecule has 2 fully saturated rings. The second-order valence-electron chi connectivity index (χ2n) is 5.79. The van der Waals surface area contributed by atoms with Gasteiger partial charge in [0, 0.05) is 18.7 Å². The van der Waals surface area contributed by atoms with Crippen LogP contribution in [-0.4, -0.2) is 32.5 Å². The Labute approximate surface area is 120 Å². The zero-order valence-electron chi connectivity index (χ0n) is 12.3. The maximum Gasteiger partial charge on any atom is 0.142 e. The van der Waals surface area contributed by atoms with Crippen molar-refractivity contribution in [2.24, 2.45) is 0 Å². The number of hydrogen-bond donors (Lipinski definition) is 1. The van der Waals surface area contributed by atoms with Crippen molar-refractivity contribution in [1.29, 1.82) is 0 Å². The molecule has 4 heteroatoms. The summed E-state index contributed by atoms with van der Waals surface area (Å²) in [7, 11) is 3.38. The fourth-order valence-corrected chi connectivity index (χ4v) is 3.22. The van der Waals surface area contributed by atoms with Gasteiger partial charge in [-0.15, -0.1) is 0 Å². The van der Waals surface area contributed by atoms with Crippen LogP contribution in [0, 0.1) is 0 Å². The standard InChI is InChI=1S/C16H23NO3/c1-18-13-4-5-15(19-2)14(10-13)17-12-6-9-20-16(11-12)7-3-8-16/h4-5,10,12,17H,3,6-9,11H2,1-2H3. The second kappa shape index (κ2) is 5.52. The van der Waals surface area contributed by atoms with E-state index in [1.807, 2.05) is 18.2 Å². The highest BCUT2D eigenvalue weighted by atomic mass is 16.5. The maximum atomic E-state index is 5.97. The zero-order valence-corrected chi connectivity index (χ0v) is 12.3. The van der Waals surface area contributed by atoms with Gasteiger partial charge in [0.1, 0.15) is 11.5 Å². The van der Waals surface area contributed by atoms with Crippen molar-refractivity contribution in [1.82, 2.24) is 0 Å². The molecule has 0 bridgehead atoms. The topological polar surface area (TPSA) is 39.7 Å². The molecule has 110 valence electrons. The molecule has 20 heavy (non-hydrogen) atoms. The van der Waals surface area contributed by atoms with Crippen LogP contribution in [-0.2, 0) is 4.74 Å². The normalized spacial score (nSPS) is 24.0. The summed E-state index contributed by atoms with van der Waals surface area (Å²) in [6.07, 6.45) is 5.85. The number of anilines is 1. The summed E-state index contributed by atoms with van der Waals surface area (Å²) >= 11 is 0. The fraction of sp³-hybridized carbons (Fsp3) is 0.625. The highest BCUT2D eigenvalue weighted by molar-refractivity contribution is 5.60. The van der Waals surface area contributed by atoms with Crippen LogP contribution in [0.2, 0.25) is 0 Å². The third-order valence-electron chi connectivity index (χ3n) is 4.52. The van der Waals surface area contributed by atoms with Crippen molar-refractivity contribution in [2.75, 3.05) is 26.1 Å². The van der Waals surface area contributed by atoms with Crippen LogP contribution >= 0.6 is 0 Å². The number of nitrogens with one attached hydrogen (secondary N) is 1. The Bertz CT molecular complexity index is 471. The van der Waals surface area contributed by atoms with Crippen LogP contribution in [0.3, 0.4) is 0 Å². The van der Waals surface area contributed by atoms with E-state index in [0.29, 0.717) is 6.04 Å². The molecule has 1 unspecified atom stereocenters. The average Bonchev–Trinajstić information content (AvgIpc) is 2.46. The second-order valence-corrected chi connectivity index (χ2v) is 5.79. The van der Waals surface area contributed by atoms with E-state index in [9.17, 15) is 0 Å². The summed E-state index contributed by atoms with van der Waals surface area (Å²) in [5.41, 5.74) is 1.16. The third-order valence-corrected chi connectivity index (χ3v) is 4.52. The van der Waals surface area contributed by atoms with Crippen molar-refractivity contribution in [2.45, 2.75) is 43.7 Å². The molecular formula is C16H23NO3. The predicted octanol–water partition coefficient (Wildman–Crippen LogP) is 3.22. The van der Waals surface area contributed by atoms with E-state index in [1.165, 1.54) is 19.3 Å². The van der Waals surface area contributed by atoms with Gasteiger partial charge in [-0.2, -0.15) is 0 Å². The van der Waals surface area contributed by atoms with E-state index in [0.717, 1.165) is 36.6 Å².